The summed E-state index contributed by atoms with van der Waals surface area (Å²) < 4.78 is 14.6. The standard InChI is InChI=1S/C29H25FN2O3/c1-18-5-3-4-6-24(18)26(17-28(32-35)22-13-14-31-19(2)15-22)21-9-7-20(8-10-21)25-12-11-23(29(33)34)16-27(25)30/h3-16,26,35H,17H2,1-2H3,(H,33,34)/b32-28-. The first-order valence-corrected chi connectivity index (χ1v) is 11.2. The van der Waals surface area contributed by atoms with Crippen LogP contribution in [0.3, 0.4) is 0 Å². The number of oxime groups is 1. The summed E-state index contributed by atoms with van der Waals surface area (Å²) in [5, 5.41) is 22.6. The molecule has 0 bridgehead atoms. The van der Waals surface area contributed by atoms with E-state index in [0.29, 0.717) is 23.3 Å². The van der Waals surface area contributed by atoms with Gasteiger partial charge in [-0.15, -0.1) is 0 Å². The number of nitrogens with zero attached hydrogens (tertiary/aromatic N) is 2. The number of rotatable bonds is 7. The van der Waals surface area contributed by atoms with Crippen LogP contribution in [-0.2, 0) is 0 Å². The second kappa shape index (κ2) is 10.3. The zero-order valence-corrected chi connectivity index (χ0v) is 19.4. The predicted octanol–water partition coefficient (Wildman–Crippen LogP) is 6.60. The number of hydrogen-bond donors (Lipinski definition) is 2. The Morgan fingerprint density at radius 2 is 1.71 bits per heavy atom. The Hall–Kier alpha value is -4.32. The number of aromatic carboxylic acids is 1. The maximum atomic E-state index is 14.6. The van der Waals surface area contributed by atoms with E-state index in [1.165, 1.54) is 12.1 Å². The molecule has 0 radical (unpaired) electrons. The van der Waals surface area contributed by atoms with Crippen molar-refractivity contribution in [3.05, 3.63) is 124 Å². The van der Waals surface area contributed by atoms with Gasteiger partial charge >= 0.3 is 5.97 Å². The predicted molar refractivity (Wildman–Crippen MR) is 134 cm³/mol. The molecular weight excluding hydrogens is 443 g/mol. The minimum absolute atomic E-state index is 0.0929. The zero-order valence-electron chi connectivity index (χ0n) is 19.4. The van der Waals surface area contributed by atoms with E-state index in [1.54, 1.807) is 6.20 Å². The highest BCUT2D eigenvalue weighted by molar-refractivity contribution is 6.01. The fraction of sp³-hybridized carbons (Fsp3) is 0.138. The summed E-state index contributed by atoms with van der Waals surface area (Å²) in [6, 6.07) is 23.2. The smallest absolute Gasteiger partial charge is 0.335 e. The van der Waals surface area contributed by atoms with Crippen LogP contribution < -0.4 is 0 Å². The van der Waals surface area contributed by atoms with Crippen molar-refractivity contribution in [1.29, 1.82) is 0 Å². The molecule has 4 aromatic rings. The Bertz CT molecular complexity index is 1400. The molecule has 0 fully saturated rings. The van der Waals surface area contributed by atoms with Crippen LogP contribution in [0, 0.1) is 19.7 Å². The van der Waals surface area contributed by atoms with Gasteiger partial charge in [-0.3, -0.25) is 4.98 Å². The second-order valence-corrected chi connectivity index (χ2v) is 8.47. The maximum absolute atomic E-state index is 14.6. The molecule has 0 saturated carbocycles. The lowest BCUT2D eigenvalue weighted by atomic mass is 9.83. The van der Waals surface area contributed by atoms with Crippen LogP contribution in [0.2, 0.25) is 0 Å². The number of pyridine rings is 1. The van der Waals surface area contributed by atoms with Crippen molar-refractivity contribution in [3.8, 4) is 11.1 Å². The van der Waals surface area contributed by atoms with E-state index in [4.69, 9.17) is 5.11 Å². The first-order valence-electron chi connectivity index (χ1n) is 11.2. The van der Waals surface area contributed by atoms with Crippen LogP contribution in [0.1, 0.15) is 50.6 Å². The molecule has 1 heterocycles. The summed E-state index contributed by atoms with van der Waals surface area (Å²) in [5.74, 6) is -1.86. The van der Waals surface area contributed by atoms with Crippen molar-refractivity contribution >= 4 is 11.7 Å². The summed E-state index contributed by atoms with van der Waals surface area (Å²) in [6.07, 6.45) is 2.14. The third-order valence-corrected chi connectivity index (χ3v) is 6.15. The van der Waals surface area contributed by atoms with E-state index in [1.807, 2.05) is 68.4 Å². The van der Waals surface area contributed by atoms with Crippen molar-refractivity contribution in [1.82, 2.24) is 4.98 Å². The molecule has 1 atom stereocenters. The van der Waals surface area contributed by atoms with E-state index in [2.05, 4.69) is 16.2 Å². The van der Waals surface area contributed by atoms with Crippen LogP contribution in [0.5, 0.6) is 0 Å². The number of benzene rings is 3. The summed E-state index contributed by atoms with van der Waals surface area (Å²) in [7, 11) is 0. The highest BCUT2D eigenvalue weighted by Crippen LogP contribution is 2.34. The molecule has 35 heavy (non-hydrogen) atoms. The summed E-state index contributed by atoms with van der Waals surface area (Å²) in [5.41, 5.74) is 6.26. The molecule has 6 heteroatoms. The Labute approximate surface area is 203 Å². The van der Waals surface area contributed by atoms with E-state index < -0.39 is 11.8 Å². The number of carboxylic acid groups (broad SMARTS) is 1. The molecule has 0 aliphatic rings. The highest BCUT2D eigenvalue weighted by Gasteiger charge is 2.21. The molecule has 3 aromatic carbocycles. The van der Waals surface area contributed by atoms with Crippen molar-refractivity contribution < 1.29 is 19.5 Å². The molecule has 0 aliphatic heterocycles. The lowest BCUT2D eigenvalue weighted by Gasteiger charge is -2.21. The number of halogens is 1. The number of hydrogen-bond acceptors (Lipinski definition) is 4. The molecular formula is C29H25FN2O3. The maximum Gasteiger partial charge on any atom is 0.335 e. The second-order valence-electron chi connectivity index (χ2n) is 8.47. The van der Waals surface area contributed by atoms with Crippen LogP contribution >= 0.6 is 0 Å². The lowest BCUT2D eigenvalue weighted by Crippen LogP contribution is -2.12. The average molecular weight is 469 g/mol. The molecule has 0 saturated heterocycles. The summed E-state index contributed by atoms with van der Waals surface area (Å²) in [6.45, 7) is 3.93. The lowest BCUT2D eigenvalue weighted by molar-refractivity contribution is 0.0696. The monoisotopic (exact) mass is 468 g/mol. The Morgan fingerprint density at radius 3 is 2.34 bits per heavy atom. The highest BCUT2D eigenvalue weighted by atomic mass is 19.1. The minimum Gasteiger partial charge on any atom is -0.478 e. The van der Waals surface area contributed by atoms with Gasteiger partial charge in [0.25, 0.3) is 0 Å². The van der Waals surface area contributed by atoms with Crippen molar-refractivity contribution in [2.45, 2.75) is 26.2 Å². The molecule has 1 aromatic heterocycles. The zero-order chi connectivity index (χ0) is 24.9. The molecule has 0 spiro atoms. The van der Waals surface area contributed by atoms with E-state index in [9.17, 15) is 14.4 Å². The van der Waals surface area contributed by atoms with Gasteiger partial charge in [-0.25, -0.2) is 9.18 Å². The van der Waals surface area contributed by atoms with Gasteiger partial charge in [-0.2, -0.15) is 0 Å². The molecule has 176 valence electrons. The van der Waals surface area contributed by atoms with Gasteiger partial charge in [0.15, 0.2) is 0 Å². The van der Waals surface area contributed by atoms with Gasteiger partial charge in [0.1, 0.15) is 5.82 Å². The number of carboxylic acids is 1. The SMILES string of the molecule is Cc1cc(/C(CC(c2ccc(-c3ccc(C(=O)O)cc3F)cc2)c2ccccc2C)=N\O)ccn1. The molecule has 5 nitrogen and oxygen atoms in total. The molecule has 0 amide bonds. The molecule has 0 aliphatic carbocycles. The largest absolute Gasteiger partial charge is 0.478 e. The van der Waals surface area contributed by atoms with Crippen molar-refractivity contribution in [2.75, 3.05) is 0 Å². The Balaban J connectivity index is 1.72. The summed E-state index contributed by atoms with van der Waals surface area (Å²) in [4.78, 5) is 15.3. The van der Waals surface area contributed by atoms with E-state index in [0.717, 1.165) is 34.0 Å². The van der Waals surface area contributed by atoms with Gasteiger partial charge in [-0.05, 0) is 60.4 Å². The topological polar surface area (TPSA) is 82.8 Å². The summed E-state index contributed by atoms with van der Waals surface area (Å²) >= 11 is 0. The number of aromatic nitrogens is 1. The number of aryl methyl sites for hydroxylation is 2. The normalized spacial score (nSPS) is 12.4. The van der Waals surface area contributed by atoms with Crippen LogP contribution in [-0.4, -0.2) is 27.0 Å². The van der Waals surface area contributed by atoms with E-state index >= 15 is 0 Å². The molecule has 4 rings (SSSR count). The first-order chi connectivity index (χ1) is 16.9. The fourth-order valence-electron chi connectivity index (χ4n) is 4.30. The van der Waals surface area contributed by atoms with Crippen molar-refractivity contribution in [3.63, 3.8) is 0 Å². The number of carbonyl (C=O) groups is 1. The third kappa shape index (κ3) is 5.27. The van der Waals surface area contributed by atoms with Crippen molar-refractivity contribution in [2.24, 2.45) is 5.16 Å². The average Bonchev–Trinajstić information content (AvgIpc) is 2.85. The van der Waals surface area contributed by atoms with Crippen LogP contribution in [0.4, 0.5) is 4.39 Å². The first kappa shape index (κ1) is 23.8. The molecule has 1 unspecified atom stereocenters. The Morgan fingerprint density at radius 1 is 0.971 bits per heavy atom. The van der Waals surface area contributed by atoms with Gasteiger partial charge in [0, 0.05) is 35.4 Å². The van der Waals surface area contributed by atoms with E-state index in [-0.39, 0.29) is 11.5 Å². The van der Waals surface area contributed by atoms with Gasteiger partial charge in [-0.1, -0.05) is 59.8 Å². The van der Waals surface area contributed by atoms with Gasteiger partial charge < -0.3 is 10.3 Å². The molecule has 2 N–H and O–H groups in total. The minimum atomic E-state index is -1.17. The van der Waals surface area contributed by atoms with Gasteiger partial charge in [0.2, 0.25) is 0 Å². The third-order valence-electron chi connectivity index (χ3n) is 6.15. The fourth-order valence-corrected chi connectivity index (χ4v) is 4.30. The van der Waals surface area contributed by atoms with Gasteiger partial charge in [0.05, 0.1) is 11.3 Å². The van der Waals surface area contributed by atoms with Crippen LogP contribution in [0.15, 0.2) is 90.2 Å². The van der Waals surface area contributed by atoms with Crippen LogP contribution in [0.25, 0.3) is 11.1 Å². The quantitative estimate of drug-likeness (QED) is 0.182. The Kier molecular flexibility index (Phi) is 7.01.